The Kier molecular flexibility index (Phi) is 10.3. The Labute approximate surface area is 255 Å². The molecule has 0 saturated carbocycles. The van der Waals surface area contributed by atoms with E-state index in [2.05, 4.69) is 27.9 Å². The second kappa shape index (κ2) is 13.7. The number of amides is 2. The third kappa shape index (κ3) is 7.69. The Morgan fingerprint density at radius 3 is 2.33 bits per heavy atom. The lowest BCUT2D eigenvalue weighted by molar-refractivity contribution is -0.137. The number of nitrogens with one attached hydrogen (secondary N) is 1. The average Bonchev–Trinajstić information content (AvgIpc) is 2.97. The van der Waals surface area contributed by atoms with Crippen molar-refractivity contribution in [3.63, 3.8) is 0 Å². The summed E-state index contributed by atoms with van der Waals surface area (Å²) in [4.78, 5) is 28.3. The summed E-state index contributed by atoms with van der Waals surface area (Å²) in [7, 11) is 0. The van der Waals surface area contributed by atoms with Crippen LogP contribution in [0.4, 0.5) is 13.2 Å². The van der Waals surface area contributed by atoms with Crippen LogP contribution < -0.4 is 10.1 Å². The zero-order valence-corrected chi connectivity index (χ0v) is 24.8. The van der Waals surface area contributed by atoms with E-state index in [0.717, 1.165) is 39.0 Å². The fourth-order valence-corrected chi connectivity index (χ4v) is 5.18. The Morgan fingerprint density at radius 2 is 1.71 bits per heavy atom. The molecule has 0 aliphatic heterocycles. The van der Waals surface area contributed by atoms with Crippen LogP contribution in [0.3, 0.4) is 0 Å². The van der Waals surface area contributed by atoms with Crippen LogP contribution in [0, 0.1) is 10.5 Å². The minimum absolute atomic E-state index is 0.00165. The maximum atomic E-state index is 13.9. The first-order valence-corrected chi connectivity index (χ1v) is 14.3. The summed E-state index contributed by atoms with van der Waals surface area (Å²) in [6.45, 7) is 1.65. The highest BCUT2D eigenvalue weighted by Crippen LogP contribution is 2.32. The quantitative estimate of drug-likeness (QED) is 0.278. The first-order valence-electron chi connectivity index (χ1n) is 13.2. The second-order valence-corrected chi connectivity index (χ2v) is 11.1. The maximum Gasteiger partial charge on any atom is 0.416 e. The van der Waals surface area contributed by atoms with Gasteiger partial charge in [0, 0.05) is 30.6 Å². The summed E-state index contributed by atoms with van der Waals surface area (Å²) in [5, 5.41) is 23.4. The molecule has 7 nitrogen and oxygen atoms in total. The largest absolute Gasteiger partial charge is 0.482 e. The molecule has 3 atom stereocenters. The van der Waals surface area contributed by atoms with Gasteiger partial charge in [-0.25, -0.2) is 0 Å². The lowest BCUT2D eigenvalue weighted by atomic mass is 9.87. The highest BCUT2D eigenvalue weighted by molar-refractivity contribution is 14.1. The smallest absolute Gasteiger partial charge is 0.416 e. The van der Waals surface area contributed by atoms with Crippen molar-refractivity contribution in [3.8, 4) is 5.75 Å². The van der Waals surface area contributed by atoms with Crippen molar-refractivity contribution >= 4 is 34.4 Å². The van der Waals surface area contributed by atoms with Crippen LogP contribution in [-0.2, 0) is 17.5 Å². The molecule has 4 rings (SSSR count). The van der Waals surface area contributed by atoms with E-state index < -0.39 is 41.8 Å². The summed E-state index contributed by atoms with van der Waals surface area (Å²) < 4.78 is 46.5. The average molecular weight is 694 g/mol. The number of carbonyl (C=O) groups is 2. The molecule has 0 bridgehead atoms. The van der Waals surface area contributed by atoms with Crippen molar-refractivity contribution in [2.75, 3.05) is 13.2 Å². The number of aryl methyl sites for hydroxylation is 1. The molecule has 0 heterocycles. The minimum atomic E-state index is -4.57. The van der Waals surface area contributed by atoms with E-state index in [4.69, 9.17) is 4.74 Å². The molecule has 2 amide bonds. The number of aliphatic hydroxyl groups excluding tert-OH is 2. The van der Waals surface area contributed by atoms with Gasteiger partial charge in [-0.1, -0.05) is 42.0 Å². The summed E-state index contributed by atoms with van der Waals surface area (Å²) in [6.07, 6.45) is -5.44. The molecular weight excluding hydrogens is 664 g/mol. The predicted molar refractivity (Wildman–Crippen MR) is 159 cm³/mol. The van der Waals surface area contributed by atoms with Crippen LogP contribution in [0.2, 0.25) is 0 Å². The Bertz CT molecular complexity index is 1430. The van der Waals surface area contributed by atoms with E-state index in [1.54, 1.807) is 12.1 Å². The molecule has 0 saturated heterocycles. The SMILES string of the molecule is Cc1ccc(CN(C(=O)c2ccc(C(F)(F)F)cc2)C2CC(C(=O)NCCO)=CC(Oc3ccccc3I)C2O)cc1. The molecule has 222 valence electrons. The molecule has 1 aliphatic rings. The molecule has 42 heavy (non-hydrogen) atoms. The van der Waals surface area contributed by atoms with E-state index in [-0.39, 0.29) is 37.3 Å². The number of carbonyl (C=O) groups excluding carboxylic acids is 2. The second-order valence-electron chi connectivity index (χ2n) is 9.94. The third-order valence-corrected chi connectivity index (χ3v) is 7.80. The number of alkyl halides is 3. The molecule has 0 spiro atoms. The Balaban J connectivity index is 1.74. The molecule has 1 aliphatic carbocycles. The van der Waals surface area contributed by atoms with Gasteiger partial charge in [0.05, 0.1) is 21.8 Å². The van der Waals surface area contributed by atoms with Crippen molar-refractivity contribution in [3.05, 3.63) is 110 Å². The number of aliphatic hydroxyl groups is 2. The summed E-state index contributed by atoms with van der Waals surface area (Å²) in [6, 6.07) is 17.4. The monoisotopic (exact) mass is 694 g/mol. The number of benzene rings is 3. The lowest BCUT2D eigenvalue weighted by Gasteiger charge is -2.40. The van der Waals surface area contributed by atoms with Gasteiger partial charge in [0.2, 0.25) is 5.91 Å². The van der Waals surface area contributed by atoms with E-state index in [0.29, 0.717) is 5.75 Å². The maximum absolute atomic E-state index is 13.9. The molecule has 0 aromatic heterocycles. The molecule has 3 unspecified atom stereocenters. The fraction of sp³-hybridized carbons (Fsp3) is 0.290. The van der Waals surface area contributed by atoms with E-state index in [9.17, 15) is 33.0 Å². The topological polar surface area (TPSA) is 99.1 Å². The van der Waals surface area contributed by atoms with Crippen LogP contribution in [0.15, 0.2) is 84.4 Å². The first-order chi connectivity index (χ1) is 20.0. The predicted octanol–water partition coefficient (Wildman–Crippen LogP) is 4.88. The number of hydrogen-bond donors (Lipinski definition) is 3. The molecule has 3 N–H and O–H groups in total. The van der Waals surface area contributed by atoms with Crippen molar-refractivity contribution in [1.82, 2.24) is 10.2 Å². The van der Waals surface area contributed by atoms with Crippen LogP contribution in [0.5, 0.6) is 5.75 Å². The number of hydrogen-bond acceptors (Lipinski definition) is 5. The van der Waals surface area contributed by atoms with Gasteiger partial charge in [-0.2, -0.15) is 13.2 Å². The zero-order valence-electron chi connectivity index (χ0n) is 22.6. The highest BCUT2D eigenvalue weighted by atomic mass is 127. The third-order valence-electron chi connectivity index (χ3n) is 6.91. The highest BCUT2D eigenvalue weighted by Gasteiger charge is 2.41. The van der Waals surface area contributed by atoms with Gasteiger partial charge in [-0.05, 0) is 77.6 Å². The van der Waals surface area contributed by atoms with Crippen LogP contribution in [0.1, 0.15) is 33.5 Å². The summed E-state index contributed by atoms with van der Waals surface area (Å²) in [5.74, 6) is -0.638. The van der Waals surface area contributed by atoms with Gasteiger partial charge in [-0.15, -0.1) is 0 Å². The number of ether oxygens (including phenoxy) is 1. The number of nitrogens with zero attached hydrogens (tertiary/aromatic N) is 1. The van der Waals surface area contributed by atoms with E-state index in [1.165, 1.54) is 11.0 Å². The normalized spacial score (nSPS) is 18.6. The molecular formula is C31H30F3IN2O5. The first kappa shape index (κ1) is 31.5. The Hall–Kier alpha value is -3.42. The van der Waals surface area contributed by atoms with E-state index in [1.807, 2.05) is 43.3 Å². The van der Waals surface area contributed by atoms with Crippen molar-refractivity contribution in [1.29, 1.82) is 0 Å². The Morgan fingerprint density at radius 1 is 1.05 bits per heavy atom. The van der Waals surface area contributed by atoms with Gasteiger partial charge in [0.15, 0.2) is 0 Å². The van der Waals surface area contributed by atoms with Crippen LogP contribution in [-0.4, -0.2) is 58.3 Å². The van der Waals surface area contributed by atoms with Gasteiger partial charge in [0.1, 0.15) is 18.0 Å². The van der Waals surface area contributed by atoms with Gasteiger partial charge in [0.25, 0.3) is 5.91 Å². The molecule has 0 fully saturated rings. The fourth-order valence-electron chi connectivity index (χ4n) is 4.66. The standard InChI is InChI=1S/C31H30F3IN2O5/c1-19-6-8-20(9-7-19)18-37(30(41)21-10-12-23(13-11-21)31(32,33)34)25-16-22(29(40)36-14-15-38)17-27(28(25)39)42-26-5-3-2-4-24(26)35/h2-13,17,25,27-28,38-39H,14-16,18H2,1H3,(H,36,40). The van der Waals surface area contributed by atoms with Gasteiger partial charge >= 0.3 is 6.18 Å². The molecule has 3 aromatic rings. The zero-order chi connectivity index (χ0) is 30.4. The van der Waals surface area contributed by atoms with Crippen molar-refractivity contribution in [2.45, 2.75) is 44.3 Å². The molecule has 3 aromatic carbocycles. The van der Waals surface area contributed by atoms with Crippen molar-refractivity contribution < 1.29 is 37.7 Å². The number of para-hydroxylation sites is 1. The van der Waals surface area contributed by atoms with Crippen LogP contribution >= 0.6 is 22.6 Å². The summed E-state index contributed by atoms with van der Waals surface area (Å²) in [5.41, 5.74) is 1.07. The van der Waals surface area contributed by atoms with Gasteiger partial charge < -0.3 is 25.2 Å². The van der Waals surface area contributed by atoms with Gasteiger partial charge in [-0.3, -0.25) is 9.59 Å². The molecule has 0 radical (unpaired) electrons. The minimum Gasteiger partial charge on any atom is -0.482 e. The van der Waals surface area contributed by atoms with E-state index >= 15 is 0 Å². The summed E-state index contributed by atoms with van der Waals surface area (Å²) >= 11 is 2.08. The lowest BCUT2D eigenvalue weighted by Crippen LogP contribution is -2.54. The number of rotatable bonds is 9. The number of halogens is 4. The van der Waals surface area contributed by atoms with Crippen molar-refractivity contribution in [2.24, 2.45) is 0 Å². The van der Waals surface area contributed by atoms with Crippen LogP contribution in [0.25, 0.3) is 0 Å². The molecule has 11 heteroatoms.